The molecule has 104 valence electrons. The molecule has 0 bridgehead atoms. The van der Waals surface area contributed by atoms with Crippen molar-refractivity contribution in [1.29, 1.82) is 0 Å². The van der Waals surface area contributed by atoms with Gasteiger partial charge >= 0.3 is 12.0 Å². The third-order valence-electron chi connectivity index (χ3n) is 2.52. The van der Waals surface area contributed by atoms with Crippen LogP contribution in [0, 0.1) is 0 Å². The van der Waals surface area contributed by atoms with Crippen molar-refractivity contribution in [3.63, 3.8) is 0 Å². The molecule has 1 aliphatic rings. The quantitative estimate of drug-likeness (QED) is 0.793. The second-order valence-electron chi connectivity index (χ2n) is 3.84. The number of benzene rings is 1. The Hall–Kier alpha value is -2.70. The average molecular weight is 277 g/mol. The summed E-state index contributed by atoms with van der Waals surface area (Å²) in [5.74, 6) is 1.14. The highest BCUT2D eigenvalue weighted by Crippen LogP contribution is 2.36. The lowest BCUT2D eigenvalue weighted by molar-refractivity contribution is 0.0519. The molecule has 0 saturated heterocycles. The molecule has 0 spiro atoms. The Morgan fingerprint density at radius 3 is 3.05 bits per heavy atom. The molecule has 1 aromatic carbocycles. The van der Waals surface area contributed by atoms with E-state index < -0.39 is 5.97 Å². The van der Waals surface area contributed by atoms with Crippen molar-refractivity contribution in [3.05, 3.63) is 30.2 Å². The minimum atomic E-state index is -0.559. The van der Waals surface area contributed by atoms with Gasteiger partial charge in [-0.3, -0.25) is 0 Å². The summed E-state index contributed by atoms with van der Waals surface area (Å²) < 4.78 is 25.7. The molecule has 0 amide bonds. The van der Waals surface area contributed by atoms with Gasteiger partial charge in [0.15, 0.2) is 17.2 Å². The van der Waals surface area contributed by atoms with Gasteiger partial charge in [-0.05, 0) is 19.1 Å². The van der Waals surface area contributed by atoms with Gasteiger partial charge < -0.3 is 23.4 Å². The Morgan fingerprint density at radius 2 is 2.20 bits per heavy atom. The number of nitrogens with zero attached hydrogens (tertiary/aromatic N) is 1. The van der Waals surface area contributed by atoms with Crippen LogP contribution in [-0.2, 0) is 4.74 Å². The maximum Gasteiger partial charge on any atom is 0.399 e. The molecule has 20 heavy (non-hydrogen) atoms. The number of fused-ring (bicyclic) bond motifs is 1. The van der Waals surface area contributed by atoms with Gasteiger partial charge in [0.25, 0.3) is 0 Å². The van der Waals surface area contributed by atoms with Gasteiger partial charge in [0.1, 0.15) is 12.0 Å². The van der Waals surface area contributed by atoms with E-state index in [0.717, 1.165) is 0 Å². The molecule has 1 aliphatic heterocycles. The molecule has 0 N–H and O–H groups in total. The molecular formula is C13H11NO6. The minimum absolute atomic E-state index is 0.0491. The Labute approximate surface area is 114 Å². The van der Waals surface area contributed by atoms with Crippen molar-refractivity contribution in [2.24, 2.45) is 0 Å². The number of oxazole rings is 1. The van der Waals surface area contributed by atoms with E-state index in [9.17, 15) is 4.79 Å². The van der Waals surface area contributed by atoms with Crippen molar-refractivity contribution < 1.29 is 28.2 Å². The monoisotopic (exact) mass is 277 g/mol. The average Bonchev–Trinajstić information content (AvgIpc) is 3.07. The second kappa shape index (κ2) is 5.12. The summed E-state index contributed by atoms with van der Waals surface area (Å²) in [6, 6.07) is 5.05. The van der Waals surface area contributed by atoms with Crippen LogP contribution < -0.4 is 14.2 Å². The zero-order chi connectivity index (χ0) is 13.9. The van der Waals surface area contributed by atoms with E-state index in [-0.39, 0.29) is 25.2 Å². The van der Waals surface area contributed by atoms with Crippen molar-refractivity contribution in [3.8, 4) is 23.3 Å². The van der Waals surface area contributed by atoms with Crippen LogP contribution >= 0.6 is 0 Å². The van der Waals surface area contributed by atoms with Crippen LogP contribution in [0.2, 0.25) is 0 Å². The number of aromatic nitrogens is 1. The largest absolute Gasteiger partial charge is 0.461 e. The molecule has 1 aromatic heterocycles. The molecule has 7 heteroatoms. The van der Waals surface area contributed by atoms with Crippen molar-refractivity contribution in [2.75, 3.05) is 13.4 Å². The Kier molecular flexibility index (Phi) is 3.16. The molecule has 0 aliphatic carbocycles. The zero-order valence-electron chi connectivity index (χ0n) is 10.6. The first-order valence-electron chi connectivity index (χ1n) is 5.96. The highest BCUT2D eigenvalue weighted by Gasteiger charge is 2.17. The molecule has 2 aromatic rings. The number of ether oxygens (including phenoxy) is 4. The van der Waals surface area contributed by atoms with Gasteiger partial charge in [-0.2, -0.15) is 4.98 Å². The van der Waals surface area contributed by atoms with Crippen LogP contribution in [0.3, 0.4) is 0 Å². The van der Waals surface area contributed by atoms with Gasteiger partial charge in [-0.25, -0.2) is 4.79 Å². The Bertz CT molecular complexity index is 636. The maximum absolute atomic E-state index is 11.4. The fraction of sp³-hybridized carbons (Fsp3) is 0.231. The highest BCUT2D eigenvalue weighted by atomic mass is 16.7. The lowest BCUT2D eigenvalue weighted by Crippen LogP contribution is -2.04. The van der Waals surface area contributed by atoms with E-state index in [0.29, 0.717) is 17.2 Å². The normalized spacial score (nSPS) is 12.2. The van der Waals surface area contributed by atoms with Crippen molar-refractivity contribution in [1.82, 2.24) is 4.98 Å². The van der Waals surface area contributed by atoms with Crippen LogP contribution in [0.25, 0.3) is 0 Å². The summed E-state index contributed by atoms with van der Waals surface area (Å²) in [6.45, 7) is 2.16. The number of esters is 1. The summed E-state index contributed by atoms with van der Waals surface area (Å²) in [5.41, 5.74) is 0.0580. The van der Waals surface area contributed by atoms with E-state index in [4.69, 9.17) is 23.4 Å². The topological polar surface area (TPSA) is 80.0 Å². The number of hydrogen-bond donors (Lipinski definition) is 0. The molecule has 3 rings (SSSR count). The van der Waals surface area contributed by atoms with E-state index in [1.165, 1.54) is 6.26 Å². The summed E-state index contributed by atoms with van der Waals surface area (Å²) in [4.78, 5) is 15.3. The third-order valence-corrected chi connectivity index (χ3v) is 2.52. The second-order valence-corrected chi connectivity index (χ2v) is 3.84. The molecule has 0 saturated carbocycles. The number of carbonyl (C=O) groups is 1. The molecule has 0 unspecified atom stereocenters. The maximum atomic E-state index is 11.4. The van der Waals surface area contributed by atoms with Gasteiger partial charge in [0.2, 0.25) is 6.79 Å². The van der Waals surface area contributed by atoms with Crippen LogP contribution in [-0.4, -0.2) is 24.4 Å². The lowest BCUT2D eigenvalue weighted by atomic mass is 10.3. The SMILES string of the molecule is CCOC(=O)c1coc(Oc2ccc3c(c2)OCO3)n1. The van der Waals surface area contributed by atoms with Crippen molar-refractivity contribution >= 4 is 5.97 Å². The van der Waals surface area contributed by atoms with E-state index >= 15 is 0 Å². The van der Waals surface area contributed by atoms with Gasteiger partial charge in [-0.15, -0.1) is 0 Å². The molecule has 2 heterocycles. The molecule has 7 nitrogen and oxygen atoms in total. The summed E-state index contributed by atoms with van der Waals surface area (Å²) >= 11 is 0. The first-order chi connectivity index (χ1) is 9.76. The fourth-order valence-electron chi connectivity index (χ4n) is 1.64. The molecule has 0 radical (unpaired) electrons. The van der Waals surface area contributed by atoms with E-state index in [2.05, 4.69) is 4.98 Å². The zero-order valence-corrected chi connectivity index (χ0v) is 10.6. The molecule has 0 fully saturated rings. The van der Waals surface area contributed by atoms with Gasteiger partial charge in [-0.1, -0.05) is 0 Å². The van der Waals surface area contributed by atoms with E-state index in [1.54, 1.807) is 25.1 Å². The highest BCUT2D eigenvalue weighted by molar-refractivity contribution is 5.86. The summed E-state index contributed by atoms with van der Waals surface area (Å²) in [6.07, 6.45) is 1.13. The first-order valence-corrected chi connectivity index (χ1v) is 5.96. The Balaban J connectivity index is 1.73. The minimum Gasteiger partial charge on any atom is -0.461 e. The van der Waals surface area contributed by atoms with Crippen LogP contribution in [0.15, 0.2) is 28.9 Å². The lowest BCUT2D eigenvalue weighted by Gasteiger charge is -2.01. The number of rotatable bonds is 4. The Morgan fingerprint density at radius 1 is 1.35 bits per heavy atom. The first kappa shape index (κ1) is 12.3. The van der Waals surface area contributed by atoms with Crippen LogP contribution in [0.1, 0.15) is 17.4 Å². The number of hydrogen-bond acceptors (Lipinski definition) is 7. The number of carbonyl (C=O) groups excluding carboxylic acids is 1. The predicted molar refractivity (Wildman–Crippen MR) is 65.1 cm³/mol. The smallest absolute Gasteiger partial charge is 0.399 e. The van der Waals surface area contributed by atoms with Crippen LogP contribution in [0.4, 0.5) is 0 Å². The predicted octanol–water partition coefficient (Wildman–Crippen LogP) is 2.37. The summed E-state index contributed by atoms with van der Waals surface area (Å²) in [5, 5.41) is 0. The third kappa shape index (κ3) is 2.37. The molecule has 0 atom stereocenters. The van der Waals surface area contributed by atoms with Crippen molar-refractivity contribution in [2.45, 2.75) is 6.92 Å². The fourth-order valence-corrected chi connectivity index (χ4v) is 1.64. The van der Waals surface area contributed by atoms with Crippen LogP contribution in [0.5, 0.6) is 23.3 Å². The van der Waals surface area contributed by atoms with Gasteiger partial charge in [0, 0.05) is 6.07 Å². The molecular weight excluding hydrogens is 266 g/mol. The van der Waals surface area contributed by atoms with E-state index in [1.807, 2.05) is 0 Å². The summed E-state index contributed by atoms with van der Waals surface area (Å²) in [7, 11) is 0. The van der Waals surface area contributed by atoms with Gasteiger partial charge in [0.05, 0.1) is 6.61 Å². The standard InChI is InChI=1S/C13H11NO6/c1-2-16-12(15)9-6-17-13(14-9)20-8-3-4-10-11(5-8)19-7-18-10/h3-6H,2,7H2,1H3.